The van der Waals surface area contributed by atoms with Crippen LogP contribution in [0.4, 0.5) is 8.78 Å². The first-order chi connectivity index (χ1) is 9.81. The summed E-state index contributed by atoms with van der Waals surface area (Å²) in [6.45, 7) is 0. The first-order valence-corrected chi connectivity index (χ1v) is 7.71. The first-order valence-electron chi connectivity index (χ1n) is 6.17. The number of amides is 1. The molecule has 0 aliphatic heterocycles. The van der Waals surface area contributed by atoms with Gasteiger partial charge < -0.3 is 5.32 Å². The summed E-state index contributed by atoms with van der Waals surface area (Å²) in [5.74, 6) is -4.04. The molecule has 0 radical (unpaired) electrons. The van der Waals surface area contributed by atoms with Crippen LogP contribution in [-0.2, 0) is 9.84 Å². The van der Waals surface area contributed by atoms with Crippen LogP contribution in [0.25, 0.3) is 0 Å². The minimum atomic E-state index is -4.67. The molecule has 0 spiro atoms. The number of benzene rings is 1. The molecule has 0 unspecified atom stereocenters. The van der Waals surface area contributed by atoms with E-state index in [1.54, 1.807) is 0 Å². The summed E-state index contributed by atoms with van der Waals surface area (Å²) in [5.41, 5.74) is -0.755. The smallest absolute Gasteiger partial charge is 0.334 e. The quantitative estimate of drug-likeness (QED) is 0.919. The Balaban J connectivity index is 2.16. The zero-order valence-corrected chi connectivity index (χ0v) is 11.7. The van der Waals surface area contributed by atoms with E-state index < -0.39 is 31.9 Å². The third-order valence-electron chi connectivity index (χ3n) is 3.45. The Hall–Kier alpha value is -2.01. The second kappa shape index (κ2) is 5.41. The van der Waals surface area contributed by atoms with E-state index in [0.717, 1.165) is 30.7 Å². The molecule has 1 fully saturated rings. The zero-order valence-electron chi connectivity index (χ0n) is 10.8. The van der Waals surface area contributed by atoms with Crippen molar-refractivity contribution >= 4 is 15.7 Å². The van der Waals surface area contributed by atoms with E-state index in [0.29, 0.717) is 12.8 Å². The predicted octanol–water partition coefficient (Wildman–Crippen LogP) is 1.86. The molecule has 0 bridgehead atoms. The van der Waals surface area contributed by atoms with Crippen LogP contribution in [0, 0.1) is 11.3 Å². The number of nitrogens with one attached hydrogen (secondary N) is 1. The molecular weight excluding hydrogens is 302 g/mol. The highest BCUT2D eigenvalue weighted by Crippen LogP contribution is 2.31. The Bertz CT molecular complexity index is 689. The van der Waals surface area contributed by atoms with Gasteiger partial charge in [0.1, 0.15) is 5.54 Å². The lowest BCUT2D eigenvalue weighted by atomic mass is 9.78. The van der Waals surface area contributed by atoms with Gasteiger partial charge in [-0.1, -0.05) is 0 Å². The molecule has 1 N–H and O–H groups in total. The fourth-order valence-electron chi connectivity index (χ4n) is 1.98. The van der Waals surface area contributed by atoms with E-state index in [1.807, 2.05) is 6.07 Å². The Labute approximate surface area is 120 Å². The lowest BCUT2D eigenvalue weighted by molar-refractivity contribution is 0.0881. The number of hydrogen-bond acceptors (Lipinski definition) is 4. The van der Waals surface area contributed by atoms with E-state index >= 15 is 0 Å². The summed E-state index contributed by atoms with van der Waals surface area (Å²) in [4.78, 5) is 11.4. The molecule has 1 aliphatic rings. The van der Waals surface area contributed by atoms with Crippen LogP contribution >= 0.6 is 0 Å². The van der Waals surface area contributed by atoms with Gasteiger partial charge in [0.15, 0.2) is 0 Å². The fraction of sp³-hybridized carbons (Fsp3) is 0.385. The molecule has 0 atom stereocenters. The number of sulfone groups is 1. The lowest BCUT2D eigenvalue weighted by Crippen LogP contribution is -2.52. The normalized spacial score (nSPS) is 16.9. The summed E-state index contributed by atoms with van der Waals surface area (Å²) in [6.07, 6.45) is 1.97. The molecule has 0 saturated heterocycles. The largest absolute Gasteiger partial charge is 0.341 e. The van der Waals surface area contributed by atoms with E-state index in [1.165, 1.54) is 0 Å². The third-order valence-corrected chi connectivity index (χ3v) is 4.85. The molecule has 21 heavy (non-hydrogen) atoms. The van der Waals surface area contributed by atoms with Gasteiger partial charge >= 0.3 is 5.76 Å². The molecule has 1 saturated carbocycles. The van der Waals surface area contributed by atoms with E-state index in [4.69, 9.17) is 5.26 Å². The fourth-order valence-corrected chi connectivity index (χ4v) is 2.70. The van der Waals surface area contributed by atoms with Gasteiger partial charge in [0, 0.05) is 5.56 Å². The minimum absolute atomic E-state index is 0.116. The summed E-state index contributed by atoms with van der Waals surface area (Å²) >= 11 is 0. The van der Waals surface area contributed by atoms with Gasteiger partial charge in [-0.3, -0.25) is 4.79 Å². The Morgan fingerprint density at radius 3 is 2.24 bits per heavy atom. The van der Waals surface area contributed by atoms with Gasteiger partial charge in [0.25, 0.3) is 5.91 Å². The van der Waals surface area contributed by atoms with Gasteiger partial charge in [-0.2, -0.15) is 14.0 Å². The van der Waals surface area contributed by atoms with Crippen molar-refractivity contribution in [1.82, 2.24) is 5.32 Å². The molecule has 8 heteroatoms. The molecule has 112 valence electrons. The molecule has 5 nitrogen and oxygen atoms in total. The molecule has 0 heterocycles. The average molecular weight is 314 g/mol. The highest BCUT2D eigenvalue weighted by molar-refractivity contribution is 7.91. The molecule has 1 aliphatic carbocycles. The molecule has 1 aromatic rings. The van der Waals surface area contributed by atoms with Crippen molar-refractivity contribution < 1.29 is 22.0 Å². The van der Waals surface area contributed by atoms with Crippen LogP contribution in [0.1, 0.15) is 29.6 Å². The van der Waals surface area contributed by atoms with Gasteiger partial charge in [0.05, 0.1) is 11.0 Å². The number of hydrogen-bond donors (Lipinski definition) is 1. The topological polar surface area (TPSA) is 87.0 Å². The van der Waals surface area contributed by atoms with Crippen LogP contribution in [0.15, 0.2) is 29.2 Å². The van der Waals surface area contributed by atoms with E-state index in [9.17, 15) is 22.0 Å². The van der Waals surface area contributed by atoms with Crippen LogP contribution in [0.5, 0.6) is 0 Å². The Morgan fingerprint density at radius 1 is 1.29 bits per heavy atom. The molecule has 1 aromatic carbocycles. The number of carbonyl (C=O) groups is 1. The van der Waals surface area contributed by atoms with Gasteiger partial charge in [-0.05, 0) is 43.5 Å². The zero-order chi connectivity index (χ0) is 15.7. The summed E-state index contributed by atoms with van der Waals surface area (Å²) in [5, 5.41) is 11.6. The number of halogens is 2. The number of rotatable bonds is 4. The highest BCUT2D eigenvalue weighted by Gasteiger charge is 2.38. The highest BCUT2D eigenvalue weighted by atomic mass is 32.2. The van der Waals surface area contributed by atoms with Crippen LogP contribution in [0.2, 0.25) is 0 Å². The van der Waals surface area contributed by atoms with Crippen molar-refractivity contribution in [3.8, 4) is 6.07 Å². The number of alkyl halides is 2. The van der Waals surface area contributed by atoms with Gasteiger partial charge in [-0.15, -0.1) is 0 Å². The van der Waals surface area contributed by atoms with E-state index in [2.05, 4.69) is 5.32 Å². The second-order valence-corrected chi connectivity index (χ2v) is 6.75. The van der Waals surface area contributed by atoms with Crippen LogP contribution in [-0.4, -0.2) is 25.6 Å². The Kier molecular flexibility index (Phi) is 3.96. The predicted molar refractivity (Wildman–Crippen MR) is 69.3 cm³/mol. The maximum Gasteiger partial charge on any atom is 0.341 e. The van der Waals surface area contributed by atoms with Crippen molar-refractivity contribution in [2.75, 3.05) is 0 Å². The second-order valence-electron chi connectivity index (χ2n) is 4.83. The van der Waals surface area contributed by atoms with Crippen molar-refractivity contribution in [1.29, 1.82) is 5.26 Å². The van der Waals surface area contributed by atoms with E-state index in [-0.39, 0.29) is 5.56 Å². The van der Waals surface area contributed by atoms with Crippen LogP contribution < -0.4 is 5.32 Å². The van der Waals surface area contributed by atoms with Crippen molar-refractivity contribution in [2.45, 2.75) is 35.5 Å². The van der Waals surface area contributed by atoms with Crippen molar-refractivity contribution in [3.05, 3.63) is 29.8 Å². The number of carbonyl (C=O) groups excluding carboxylic acids is 1. The Morgan fingerprint density at radius 2 is 1.86 bits per heavy atom. The molecule has 2 rings (SSSR count). The molecule has 1 amide bonds. The first kappa shape index (κ1) is 15.4. The molecule has 0 aromatic heterocycles. The SMILES string of the molecule is N#CC1(NC(=O)c2ccc(S(=O)(=O)C(F)F)cc2)CCC1. The standard InChI is InChI=1S/C13H12F2N2O3S/c14-12(15)21(19,20)10-4-2-9(3-5-10)11(18)17-13(8-16)6-1-7-13/h2-5,12H,1,6-7H2,(H,17,18). The van der Waals surface area contributed by atoms with Crippen LogP contribution in [0.3, 0.4) is 0 Å². The average Bonchev–Trinajstić information content (AvgIpc) is 2.42. The lowest BCUT2D eigenvalue weighted by Gasteiger charge is -2.35. The summed E-state index contributed by atoms with van der Waals surface area (Å²) < 4.78 is 47.3. The summed E-state index contributed by atoms with van der Waals surface area (Å²) in [6, 6.07) is 6.24. The molecular formula is C13H12F2N2O3S. The van der Waals surface area contributed by atoms with Gasteiger partial charge in [-0.25, -0.2) is 8.42 Å². The summed E-state index contributed by atoms with van der Waals surface area (Å²) in [7, 11) is -4.67. The van der Waals surface area contributed by atoms with Crippen molar-refractivity contribution in [2.24, 2.45) is 0 Å². The third kappa shape index (κ3) is 2.88. The number of nitriles is 1. The van der Waals surface area contributed by atoms with Gasteiger partial charge in [0.2, 0.25) is 9.84 Å². The monoisotopic (exact) mass is 314 g/mol. The number of nitrogens with zero attached hydrogens (tertiary/aromatic N) is 1. The van der Waals surface area contributed by atoms with Crippen molar-refractivity contribution in [3.63, 3.8) is 0 Å². The maximum absolute atomic E-state index is 12.4. The minimum Gasteiger partial charge on any atom is -0.334 e. The maximum atomic E-state index is 12.4.